The van der Waals surface area contributed by atoms with Crippen LogP contribution in [0.5, 0.6) is 0 Å². The Balaban J connectivity index is 2.75. The molecule has 0 aromatic heterocycles. The minimum atomic E-state index is -0.0381. The Morgan fingerprint density at radius 3 is 2.53 bits per heavy atom. The van der Waals surface area contributed by atoms with Crippen molar-refractivity contribution in [2.75, 3.05) is 13.1 Å². The topological polar surface area (TPSA) is 44.1 Å². The van der Waals surface area contributed by atoms with Crippen LogP contribution in [-0.4, -0.2) is 23.9 Å². The fourth-order valence-electron chi connectivity index (χ4n) is 1.51. The average molecular weight is 251 g/mol. The number of halogens is 1. The molecule has 0 fully saturated rings. The number of nitrogens with zero attached hydrogens (tertiary/aromatic N) is 2. The zero-order valence-corrected chi connectivity index (χ0v) is 10.6. The number of amides is 1. The highest BCUT2D eigenvalue weighted by Gasteiger charge is 2.13. The van der Waals surface area contributed by atoms with Crippen molar-refractivity contribution in [3.05, 3.63) is 35.4 Å². The predicted molar refractivity (Wildman–Crippen MR) is 67.8 cm³/mol. The van der Waals surface area contributed by atoms with Gasteiger partial charge in [0, 0.05) is 24.5 Å². The van der Waals surface area contributed by atoms with Gasteiger partial charge in [0.2, 0.25) is 0 Å². The van der Waals surface area contributed by atoms with Crippen molar-refractivity contribution in [2.45, 2.75) is 19.2 Å². The fraction of sp³-hybridized carbons (Fsp3) is 0.385. The van der Waals surface area contributed by atoms with E-state index in [0.29, 0.717) is 31.0 Å². The van der Waals surface area contributed by atoms with E-state index in [2.05, 4.69) is 0 Å². The third kappa shape index (κ3) is 3.76. The summed E-state index contributed by atoms with van der Waals surface area (Å²) in [7, 11) is 0. The molecule has 0 saturated carbocycles. The van der Waals surface area contributed by atoms with Gasteiger partial charge < -0.3 is 4.90 Å². The second kappa shape index (κ2) is 6.93. The highest BCUT2D eigenvalue weighted by atomic mass is 35.5. The van der Waals surface area contributed by atoms with Crippen LogP contribution in [0.25, 0.3) is 0 Å². The molecule has 0 atom stereocenters. The van der Waals surface area contributed by atoms with E-state index in [9.17, 15) is 4.79 Å². The first kappa shape index (κ1) is 13.5. The highest BCUT2D eigenvalue weighted by molar-refractivity contribution is 6.17. The summed E-state index contributed by atoms with van der Waals surface area (Å²) >= 11 is 5.69. The average Bonchev–Trinajstić information content (AvgIpc) is 2.39. The van der Waals surface area contributed by atoms with Crippen molar-refractivity contribution < 1.29 is 4.79 Å². The van der Waals surface area contributed by atoms with Gasteiger partial charge >= 0.3 is 0 Å². The third-order valence-electron chi connectivity index (χ3n) is 2.52. The Morgan fingerprint density at radius 1 is 1.41 bits per heavy atom. The Kier molecular flexibility index (Phi) is 5.51. The standard InChI is InChI=1S/C13H15ClN2O/c1-2-16(9-3-8-15)13(17)12-6-4-11(10-14)5-7-12/h4-7H,2-3,9-10H2,1H3. The van der Waals surface area contributed by atoms with E-state index in [1.807, 2.05) is 25.1 Å². The molecule has 0 bridgehead atoms. The molecule has 0 saturated heterocycles. The van der Waals surface area contributed by atoms with Gasteiger partial charge in [-0.25, -0.2) is 0 Å². The van der Waals surface area contributed by atoms with Crippen LogP contribution in [0.1, 0.15) is 29.3 Å². The number of rotatable bonds is 5. The third-order valence-corrected chi connectivity index (χ3v) is 2.83. The first-order valence-corrected chi connectivity index (χ1v) is 6.07. The maximum Gasteiger partial charge on any atom is 0.253 e. The van der Waals surface area contributed by atoms with Gasteiger partial charge in [-0.1, -0.05) is 12.1 Å². The number of hydrogen-bond donors (Lipinski definition) is 0. The van der Waals surface area contributed by atoms with Crippen LogP contribution in [-0.2, 0) is 5.88 Å². The van der Waals surface area contributed by atoms with E-state index in [0.717, 1.165) is 5.56 Å². The van der Waals surface area contributed by atoms with E-state index in [-0.39, 0.29) is 5.91 Å². The molecule has 0 aliphatic rings. The molecule has 3 nitrogen and oxygen atoms in total. The second-order valence-electron chi connectivity index (χ2n) is 3.62. The van der Waals surface area contributed by atoms with Gasteiger partial charge in [0.05, 0.1) is 12.5 Å². The molecule has 17 heavy (non-hydrogen) atoms. The molecule has 0 spiro atoms. The molecular formula is C13H15ClN2O. The SMILES string of the molecule is CCN(CCC#N)C(=O)c1ccc(CCl)cc1. The molecule has 4 heteroatoms. The van der Waals surface area contributed by atoms with Crippen molar-refractivity contribution in [1.82, 2.24) is 4.90 Å². The molecule has 0 N–H and O–H groups in total. The summed E-state index contributed by atoms with van der Waals surface area (Å²) in [6, 6.07) is 9.28. The van der Waals surface area contributed by atoms with Crippen LogP contribution < -0.4 is 0 Å². The molecule has 90 valence electrons. The van der Waals surface area contributed by atoms with Crippen molar-refractivity contribution in [3.63, 3.8) is 0 Å². The van der Waals surface area contributed by atoms with Crippen LogP contribution in [0.4, 0.5) is 0 Å². The number of benzene rings is 1. The van der Waals surface area contributed by atoms with E-state index < -0.39 is 0 Å². The predicted octanol–water partition coefficient (Wildman–Crippen LogP) is 2.80. The van der Waals surface area contributed by atoms with Crippen LogP contribution >= 0.6 is 11.6 Å². The summed E-state index contributed by atoms with van der Waals surface area (Å²) in [6.07, 6.45) is 0.360. The molecule has 0 unspecified atom stereocenters. The largest absolute Gasteiger partial charge is 0.338 e. The van der Waals surface area contributed by atoms with Gasteiger partial charge in [-0.05, 0) is 24.6 Å². The van der Waals surface area contributed by atoms with Gasteiger partial charge in [-0.2, -0.15) is 5.26 Å². The highest BCUT2D eigenvalue weighted by Crippen LogP contribution is 2.09. The molecule has 1 aromatic rings. The Labute approximate surface area is 107 Å². The van der Waals surface area contributed by atoms with Crippen LogP contribution in [0.15, 0.2) is 24.3 Å². The quantitative estimate of drug-likeness (QED) is 0.755. The van der Waals surface area contributed by atoms with Crippen molar-refractivity contribution >= 4 is 17.5 Å². The zero-order chi connectivity index (χ0) is 12.7. The Bertz CT molecular complexity index is 408. The molecule has 0 radical (unpaired) electrons. The van der Waals surface area contributed by atoms with Crippen molar-refractivity contribution in [3.8, 4) is 6.07 Å². The molecule has 1 aromatic carbocycles. The minimum absolute atomic E-state index is 0.0381. The molecule has 0 aliphatic heterocycles. The van der Waals surface area contributed by atoms with Gasteiger partial charge in [0.25, 0.3) is 5.91 Å². The maximum absolute atomic E-state index is 12.1. The van der Waals surface area contributed by atoms with Gasteiger partial charge in [0.15, 0.2) is 0 Å². The molecule has 1 amide bonds. The smallest absolute Gasteiger partial charge is 0.253 e. The normalized spacial score (nSPS) is 9.71. The summed E-state index contributed by atoms with van der Waals surface area (Å²) in [5.74, 6) is 0.407. The van der Waals surface area contributed by atoms with Crippen LogP contribution in [0.2, 0.25) is 0 Å². The lowest BCUT2D eigenvalue weighted by Gasteiger charge is -2.19. The Morgan fingerprint density at radius 2 is 2.06 bits per heavy atom. The Hall–Kier alpha value is -1.53. The molecule has 1 rings (SSSR count). The number of hydrogen-bond acceptors (Lipinski definition) is 2. The maximum atomic E-state index is 12.1. The van der Waals surface area contributed by atoms with Crippen molar-refractivity contribution in [2.24, 2.45) is 0 Å². The number of carbonyl (C=O) groups is 1. The lowest BCUT2D eigenvalue weighted by molar-refractivity contribution is 0.0768. The van der Waals surface area contributed by atoms with Gasteiger partial charge in [-0.15, -0.1) is 11.6 Å². The molecule has 0 aliphatic carbocycles. The summed E-state index contributed by atoms with van der Waals surface area (Å²) in [5.41, 5.74) is 1.63. The van der Waals surface area contributed by atoms with Crippen molar-refractivity contribution in [1.29, 1.82) is 5.26 Å². The summed E-state index contributed by atoms with van der Waals surface area (Å²) in [4.78, 5) is 13.7. The minimum Gasteiger partial charge on any atom is -0.338 e. The summed E-state index contributed by atoms with van der Waals surface area (Å²) in [5, 5.41) is 8.53. The van der Waals surface area contributed by atoms with E-state index >= 15 is 0 Å². The summed E-state index contributed by atoms with van der Waals surface area (Å²) in [6.45, 7) is 2.99. The van der Waals surface area contributed by atoms with Crippen LogP contribution in [0.3, 0.4) is 0 Å². The fourth-order valence-corrected chi connectivity index (χ4v) is 1.69. The summed E-state index contributed by atoms with van der Waals surface area (Å²) < 4.78 is 0. The first-order valence-electron chi connectivity index (χ1n) is 5.54. The molecular weight excluding hydrogens is 236 g/mol. The lowest BCUT2D eigenvalue weighted by atomic mass is 10.1. The van der Waals surface area contributed by atoms with Crippen LogP contribution in [0, 0.1) is 11.3 Å². The van der Waals surface area contributed by atoms with E-state index in [4.69, 9.17) is 16.9 Å². The van der Waals surface area contributed by atoms with Gasteiger partial charge in [0.1, 0.15) is 0 Å². The van der Waals surface area contributed by atoms with E-state index in [1.54, 1.807) is 17.0 Å². The van der Waals surface area contributed by atoms with E-state index in [1.165, 1.54) is 0 Å². The zero-order valence-electron chi connectivity index (χ0n) is 9.82. The second-order valence-corrected chi connectivity index (χ2v) is 3.89. The number of alkyl halides is 1. The first-order chi connectivity index (χ1) is 8.22. The number of carbonyl (C=O) groups excluding carboxylic acids is 1. The monoisotopic (exact) mass is 250 g/mol. The number of nitriles is 1. The molecule has 0 heterocycles. The lowest BCUT2D eigenvalue weighted by Crippen LogP contribution is -2.31. The van der Waals surface area contributed by atoms with Gasteiger partial charge in [-0.3, -0.25) is 4.79 Å².